The van der Waals surface area contributed by atoms with Crippen molar-refractivity contribution >= 4 is 17.5 Å². The molecule has 0 aliphatic carbocycles. The molecule has 2 aliphatic heterocycles. The van der Waals surface area contributed by atoms with Gasteiger partial charge in [0.1, 0.15) is 0 Å². The largest absolute Gasteiger partial charge is 0.376 e. The normalized spacial score (nSPS) is 20.7. The van der Waals surface area contributed by atoms with Crippen LogP contribution in [0.3, 0.4) is 0 Å². The first-order valence-corrected chi connectivity index (χ1v) is 10.1. The van der Waals surface area contributed by atoms with Gasteiger partial charge in [-0.25, -0.2) is 0 Å². The molecule has 2 fully saturated rings. The van der Waals surface area contributed by atoms with E-state index in [1.165, 1.54) is 0 Å². The Balaban J connectivity index is 1.57. The monoisotopic (exact) mass is 373 g/mol. The minimum atomic E-state index is -0.0451. The van der Waals surface area contributed by atoms with Crippen LogP contribution in [-0.4, -0.2) is 50.2 Å². The molecule has 0 saturated carbocycles. The van der Waals surface area contributed by atoms with Gasteiger partial charge in [-0.3, -0.25) is 9.59 Å². The minimum Gasteiger partial charge on any atom is -0.376 e. The molecule has 2 amide bonds. The summed E-state index contributed by atoms with van der Waals surface area (Å²) >= 11 is 0. The zero-order valence-corrected chi connectivity index (χ0v) is 16.4. The lowest BCUT2D eigenvalue weighted by molar-refractivity contribution is -0.124. The van der Waals surface area contributed by atoms with Gasteiger partial charge in [0.05, 0.1) is 11.7 Å². The minimum absolute atomic E-state index is 0.0105. The average Bonchev–Trinajstić information content (AvgIpc) is 3.20. The summed E-state index contributed by atoms with van der Waals surface area (Å²) in [6, 6.07) is 7.98. The van der Waals surface area contributed by atoms with Crippen LogP contribution in [0.4, 0.5) is 5.69 Å². The molecular weight excluding hydrogens is 342 g/mol. The predicted molar refractivity (Wildman–Crippen MR) is 106 cm³/mol. The number of nitrogens with zero attached hydrogens (tertiary/aromatic N) is 1. The molecule has 2 heterocycles. The van der Waals surface area contributed by atoms with Crippen molar-refractivity contribution in [2.24, 2.45) is 5.92 Å². The second kappa shape index (κ2) is 9.22. The number of carbonyl (C=O) groups excluding carboxylic acids is 2. The maximum Gasteiger partial charge on any atom is 0.253 e. The van der Waals surface area contributed by atoms with Crippen molar-refractivity contribution in [1.82, 2.24) is 10.6 Å². The predicted octanol–water partition coefficient (Wildman–Crippen LogP) is 2.34. The lowest BCUT2D eigenvalue weighted by Gasteiger charge is -2.35. The van der Waals surface area contributed by atoms with Gasteiger partial charge in [-0.1, -0.05) is 26.0 Å². The van der Waals surface area contributed by atoms with Crippen LogP contribution in [0.5, 0.6) is 0 Å². The number of anilines is 1. The molecule has 0 radical (unpaired) electrons. The Labute approximate surface area is 161 Å². The molecular formula is C21H31N3O3. The van der Waals surface area contributed by atoms with E-state index in [4.69, 9.17) is 4.74 Å². The fourth-order valence-corrected chi connectivity index (χ4v) is 3.68. The molecule has 1 atom stereocenters. The maximum atomic E-state index is 12.7. The summed E-state index contributed by atoms with van der Waals surface area (Å²) in [4.78, 5) is 26.8. The summed E-state index contributed by atoms with van der Waals surface area (Å²) in [7, 11) is 0. The van der Waals surface area contributed by atoms with E-state index in [0.717, 1.165) is 51.1 Å². The quantitative estimate of drug-likeness (QED) is 0.803. The number of ether oxygens (including phenoxy) is 1. The van der Waals surface area contributed by atoms with Crippen molar-refractivity contribution in [3.8, 4) is 0 Å². The Morgan fingerprint density at radius 2 is 1.93 bits per heavy atom. The molecule has 3 rings (SSSR count). The first-order valence-electron chi connectivity index (χ1n) is 10.1. The van der Waals surface area contributed by atoms with Crippen molar-refractivity contribution in [3.05, 3.63) is 29.8 Å². The zero-order valence-electron chi connectivity index (χ0n) is 16.4. The third-order valence-corrected chi connectivity index (χ3v) is 5.37. The summed E-state index contributed by atoms with van der Waals surface area (Å²) in [6.07, 6.45) is 4.01. The molecule has 2 N–H and O–H groups in total. The molecule has 0 bridgehead atoms. The highest BCUT2D eigenvalue weighted by atomic mass is 16.5. The van der Waals surface area contributed by atoms with Crippen LogP contribution in [-0.2, 0) is 9.53 Å². The van der Waals surface area contributed by atoms with Gasteiger partial charge in [0.2, 0.25) is 5.91 Å². The van der Waals surface area contributed by atoms with Crippen molar-refractivity contribution < 1.29 is 14.3 Å². The molecule has 6 nitrogen and oxygen atoms in total. The van der Waals surface area contributed by atoms with E-state index in [-0.39, 0.29) is 29.9 Å². The van der Waals surface area contributed by atoms with E-state index in [0.29, 0.717) is 12.1 Å². The lowest BCUT2D eigenvalue weighted by Crippen LogP contribution is -2.46. The number of nitrogens with one attached hydrogen (secondary N) is 2. The highest BCUT2D eigenvalue weighted by molar-refractivity contribution is 5.99. The number of piperidine rings is 1. The van der Waals surface area contributed by atoms with Crippen LogP contribution in [0.2, 0.25) is 0 Å². The number of amides is 2. The van der Waals surface area contributed by atoms with Gasteiger partial charge in [-0.2, -0.15) is 0 Å². The summed E-state index contributed by atoms with van der Waals surface area (Å²) in [6.45, 7) is 6.85. The number of para-hydroxylation sites is 1. The smallest absolute Gasteiger partial charge is 0.253 e. The van der Waals surface area contributed by atoms with Crippen molar-refractivity contribution in [1.29, 1.82) is 0 Å². The SMILES string of the molecule is CC(C)C(=O)NC1CCN(c2ccccc2C(=O)NCC2CCCO2)CC1. The van der Waals surface area contributed by atoms with Gasteiger partial charge >= 0.3 is 0 Å². The Bertz CT molecular complexity index is 648. The number of hydrogen-bond donors (Lipinski definition) is 2. The number of rotatable bonds is 6. The molecule has 2 aliphatic rings. The molecule has 1 aromatic rings. The summed E-state index contributed by atoms with van der Waals surface area (Å²) in [5.41, 5.74) is 1.68. The second-order valence-corrected chi connectivity index (χ2v) is 7.79. The summed E-state index contributed by atoms with van der Waals surface area (Å²) < 4.78 is 5.59. The molecule has 6 heteroatoms. The number of hydrogen-bond acceptors (Lipinski definition) is 4. The molecule has 148 valence electrons. The molecule has 27 heavy (non-hydrogen) atoms. The maximum absolute atomic E-state index is 12.7. The van der Waals surface area contributed by atoms with Gasteiger partial charge in [0.15, 0.2) is 0 Å². The molecule has 0 spiro atoms. The van der Waals surface area contributed by atoms with Crippen molar-refractivity contribution in [3.63, 3.8) is 0 Å². The third-order valence-electron chi connectivity index (χ3n) is 5.37. The van der Waals surface area contributed by atoms with Gasteiger partial charge in [0, 0.05) is 43.9 Å². The van der Waals surface area contributed by atoms with Crippen LogP contribution in [0.25, 0.3) is 0 Å². The number of benzene rings is 1. The highest BCUT2D eigenvalue weighted by Gasteiger charge is 2.25. The summed E-state index contributed by atoms with van der Waals surface area (Å²) in [5, 5.41) is 6.14. The van der Waals surface area contributed by atoms with E-state index in [1.807, 2.05) is 38.1 Å². The van der Waals surface area contributed by atoms with Crippen LogP contribution < -0.4 is 15.5 Å². The Morgan fingerprint density at radius 3 is 2.59 bits per heavy atom. The molecule has 0 aromatic heterocycles. The topological polar surface area (TPSA) is 70.7 Å². The van der Waals surface area contributed by atoms with E-state index in [9.17, 15) is 9.59 Å². The van der Waals surface area contributed by atoms with Gasteiger partial charge in [-0.05, 0) is 37.8 Å². The van der Waals surface area contributed by atoms with Gasteiger partial charge < -0.3 is 20.3 Å². The van der Waals surface area contributed by atoms with E-state index in [1.54, 1.807) is 0 Å². The molecule has 1 unspecified atom stereocenters. The first kappa shape index (κ1) is 19.7. The fraction of sp³-hybridized carbons (Fsp3) is 0.619. The van der Waals surface area contributed by atoms with E-state index in [2.05, 4.69) is 15.5 Å². The van der Waals surface area contributed by atoms with Crippen LogP contribution in [0.15, 0.2) is 24.3 Å². The van der Waals surface area contributed by atoms with Crippen LogP contribution >= 0.6 is 0 Å². The lowest BCUT2D eigenvalue weighted by atomic mass is 10.0. The summed E-state index contributed by atoms with van der Waals surface area (Å²) in [5.74, 6) is 0.0787. The number of carbonyl (C=O) groups is 2. The van der Waals surface area contributed by atoms with Crippen molar-refractivity contribution in [2.75, 3.05) is 31.1 Å². The Kier molecular flexibility index (Phi) is 6.72. The average molecular weight is 373 g/mol. The standard InChI is InChI=1S/C21H31N3O3/c1-15(2)20(25)23-16-9-11-24(12-10-16)19-8-4-3-7-18(19)21(26)22-14-17-6-5-13-27-17/h3-4,7-8,15-17H,5-6,9-14H2,1-2H3,(H,22,26)(H,23,25). The van der Waals surface area contributed by atoms with Gasteiger partial charge in [0.25, 0.3) is 5.91 Å². The Morgan fingerprint density at radius 1 is 1.19 bits per heavy atom. The van der Waals surface area contributed by atoms with E-state index >= 15 is 0 Å². The third kappa shape index (κ3) is 5.22. The fourth-order valence-electron chi connectivity index (χ4n) is 3.68. The Hall–Kier alpha value is -2.08. The first-order chi connectivity index (χ1) is 13.0. The van der Waals surface area contributed by atoms with Crippen LogP contribution in [0, 0.1) is 5.92 Å². The molecule has 2 saturated heterocycles. The zero-order chi connectivity index (χ0) is 19.2. The van der Waals surface area contributed by atoms with Gasteiger partial charge in [-0.15, -0.1) is 0 Å². The molecule has 1 aromatic carbocycles. The highest BCUT2D eigenvalue weighted by Crippen LogP contribution is 2.24. The van der Waals surface area contributed by atoms with Crippen molar-refractivity contribution in [2.45, 2.75) is 51.7 Å². The second-order valence-electron chi connectivity index (χ2n) is 7.79. The van der Waals surface area contributed by atoms with Crippen LogP contribution in [0.1, 0.15) is 49.9 Å². The van der Waals surface area contributed by atoms with E-state index < -0.39 is 0 Å².